The van der Waals surface area contributed by atoms with Crippen molar-refractivity contribution in [3.05, 3.63) is 65.5 Å². The number of carbonyl (C=O) groups excluding carboxylic acids is 1. The summed E-state index contributed by atoms with van der Waals surface area (Å²) in [6.45, 7) is 1.91. The molecule has 3 rings (SSSR count). The van der Waals surface area contributed by atoms with E-state index < -0.39 is 0 Å². The molecule has 0 spiro atoms. The van der Waals surface area contributed by atoms with Crippen molar-refractivity contribution < 1.29 is 9.90 Å². The van der Waals surface area contributed by atoms with Crippen molar-refractivity contribution >= 4 is 11.5 Å². The van der Waals surface area contributed by atoms with Gasteiger partial charge in [-0.25, -0.2) is 4.98 Å². The number of pyridine rings is 1. The smallest absolute Gasteiger partial charge is 0.274 e. The Hall–Kier alpha value is -2.62. The number of amides is 1. The molecule has 1 heterocycles. The highest BCUT2D eigenvalue weighted by molar-refractivity contribution is 5.94. The molecule has 1 aromatic heterocycles. The van der Waals surface area contributed by atoms with E-state index >= 15 is 0 Å². The summed E-state index contributed by atoms with van der Waals surface area (Å²) in [5.74, 6) is -0.493. The normalized spacial score (nSPS) is 14.2. The van der Waals surface area contributed by atoms with E-state index in [9.17, 15) is 9.90 Å². The van der Waals surface area contributed by atoms with Crippen LogP contribution in [0.5, 0.6) is 5.75 Å². The first-order chi connectivity index (χ1) is 10.1. The predicted octanol–water partition coefficient (Wildman–Crippen LogP) is 3.07. The zero-order chi connectivity index (χ0) is 14.8. The number of aromatic hydroxyl groups is 1. The van der Waals surface area contributed by atoms with E-state index in [4.69, 9.17) is 0 Å². The van der Waals surface area contributed by atoms with Crippen LogP contribution in [0, 0.1) is 0 Å². The fourth-order valence-electron chi connectivity index (χ4n) is 2.19. The number of hydrogen-bond acceptors (Lipinski definition) is 3. The number of hydrogen-bond donors (Lipinski definition) is 2. The largest absolute Gasteiger partial charge is 0.505 e. The van der Waals surface area contributed by atoms with Crippen molar-refractivity contribution in [2.24, 2.45) is 0 Å². The highest BCUT2D eigenvalue weighted by atomic mass is 16.3. The minimum atomic E-state index is -0.380. The number of nitrogens with one attached hydrogen (secondary N) is 1. The molecular weight excluding hydrogens is 264 g/mol. The molecule has 1 aliphatic rings. The van der Waals surface area contributed by atoms with Crippen LogP contribution in [0.15, 0.2) is 48.7 Å². The van der Waals surface area contributed by atoms with E-state index in [1.807, 2.05) is 19.1 Å². The molecular formula is C17H16N2O2. The molecule has 4 nitrogen and oxygen atoms in total. The average molecular weight is 280 g/mol. The number of carbonyl (C=O) groups is 1. The van der Waals surface area contributed by atoms with Crippen molar-refractivity contribution in [3.8, 4) is 5.75 Å². The van der Waals surface area contributed by atoms with Gasteiger partial charge in [0, 0.05) is 6.20 Å². The van der Waals surface area contributed by atoms with Gasteiger partial charge in [0.2, 0.25) is 0 Å². The number of nitrogens with zero attached hydrogens (tertiary/aromatic N) is 1. The van der Waals surface area contributed by atoms with E-state index in [0.717, 1.165) is 12.0 Å². The van der Waals surface area contributed by atoms with E-state index in [1.165, 1.54) is 23.4 Å². The molecule has 1 unspecified atom stereocenters. The predicted molar refractivity (Wildman–Crippen MR) is 80.8 cm³/mol. The molecule has 0 radical (unpaired) electrons. The molecule has 0 bridgehead atoms. The van der Waals surface area contributed by atoms with Crippen LogP contribution in [0.1, 0.15) is 41.0 Å². The van der Waals surface area contributed by atoms with Gasteiger partial charge in [-0.05, 0) is 42.2 Å². The summed E-state index contributed by atoms with van der Waals surface area (Å²) in [4.78, 5) is 16.0. The Labute approximate surface area is 123 Å². The SMILES string of the molecule is CC(NC(=O)c1ncccc1O)c1ccc(C2=CC2)cc1. The van der Waals surface area contributed by atoms with Gasteiger partial charge in [0.1, 0.15) is 5.75 Å². The molecule has 2 aromatic rings. The topological polar surface area (TPSA) is 62.2 Å². The van der Waals surface area contributed by atoms with Crippen molar-refractivity contribution in [1.82, 2.24) is 10.3 Å². The maximum atomic E-state index is 12.1. The van der Waals surface area contributed by atoms with Gasteiger partial charge in [-0.2, -0.15) is 0 Å². The number of rotatable bonds is 4. The zero-order valence-electron chi connectivity index (χ0n) is 11.7. The first-order valence-electron chi connectivity index (χ1n) is 6.89. The standard InChI is InChI=1S/C17H16N2O2/c1-11(12-4-6-13(7-5-12)14-8-9-14)19-17(21)16-15(20)3-2-10-18-16/h2-8,10-11,20H,9H2,1H3,(H,19,21). The molecule has 1 atom stereocenters. The van der Waals surface area contributed by atoms with Crippen LogP contribution in [-0.4, -0.2) is 16.0 Å². The fourth-order valence-corrected chi connectivity index (χ4v) is 2.19. The van der Waals surface area contributed by atoms with Crippen molar-refractivity contribution in [3.63, 3.8) is 0 Å². The van der Waals surface area contributed by atoms with Crippen molar-refractivity contribution in [1.29, 1.82) is 0 Å². The van der Waals surface area contributed by atoms with Crippen molar-refractivity contribution in [2.75, 3.05) is 0 Å². The second kappa shape index (κ2) is 5.40. The summed E-state index contributed by atoms with van der Waals surface area (Å²) in [6.07, 6.45) is 4.74. The van der Waals surface area contributed by atoms with Gasteiger partial charge in [-0.15, -0.1) is 0 Å². The van der Waals surface area contributed by atoms with Gasteiger partial charge >= 0.3 is 0 Å². The third-order valence-electron chi connectivity index (χ3n) is 3.54. The maximum absolute atomic E-state index is 12.1. The minimum absolute atomic E-state index is 0.0455. The lowest BCUT2D eigenvalue weighted by Gasteiger charge is -2.14. The molecule has 0 saturated carbocycles. The van der Waals surface area contributed by atoms with Crippen molar-refractivity contribution in [2.45, 2.75) is 19.4 Å². The Morgan fingerprint density at radius 2 is 2.00 bits per heavy atom. The summed E-state index contributed by atoms with van der Waals surface area (Å²) < 4.78 is 0. The summed E-state index contributed by atoms with van der Waals surface area (Å²) in [7, 11) is 0. The van der Waals surface area contributed by atoms with Gasteiger partial charge < -0.3 is 10.4 Å². The van der Waals surface area contributed by atoms with Crippen LogP contribution in [0.2, 0.25) is 0 Å². The van der Waals surface area contributed by atoms with Gasteiger partial charge in [-0.1, -0.05) is 30.3 Å². The van der Waals surface area contributed by atoms with Crippen LogP contribution < -0.4 is 5.32 Å². The maximum Gasteiger partial charge on any atom is 0.274 e. The lowest BCUT2D eigenvalue weighted by atomic mass is 10.0. The molecule has 2 N–H and O–H groups in total. The molecule has 106 valence electrons. The lowest BCUT2D eigenvalue weighted by Crippen LogP contribution is -2.27. The fraction of sp³-hybridized carbons (Fsp3) is 0.176. The molecule has 1 aliphatic carbocycles. The van der Waals surface area contributed by atoms with Gasteiger partial charge in [-0.3, -0.25) is 4.79 Å². The van der Waals surface area contributed by atoms with Crippen LogP contribution in [0.3, 0.4) is 0 Å². The van der Waals surface area contributed by atoms with E-state index in [-0.39, 0.29) is 23.4 Å². The summed E-state index contributed by atoms with van der Waals surface area (Å²) in [6, 6.07) is 11.0. The molecule has 0 saturated heterocycles. The Morgan fingerprint density at radius 3 is 2.62 bits per heavy atom. The van der Waals surface area contributed by atoms with Gasteiger partial charge in [0.25, 0.3) is 5.91 Å². The highest BCUT2D eigenvalue weighted by Crippen LogP contribution is 2.31. The second-order valence-electron chi connectivity index (χ2n) is 5.12. The minimum Gasteiger partial charge on any atom is -0.505 e. The van der Waals surface area contributed by atoms with Crippen LogP contribution in [-0.2, 0) is 0 Å². The summed E-state index contributed by atoms with van der Waals surface area (Å²) >= 11 is 0. The van der Waals surface area contributed by atoms with Crippen LogP contribution >= 0.6 is 0 Å². The molecule has 4 heteroatoms. The molecule has 1 aromatic carbocycles. The second-order valence-corrected chi connectivity index (χ2v) is 5.12. The lowest BCUT2D eigenvalue weighted by molar-refractivity contribution is 0.0932. The first-order valence-corrected chi connectivity index (χ1v) is 6.89. The molecule has 0 aliphatic heterocycles. The van der Waals surface area contributed by atoms with Gasteiger partial charge in [0.05, 0.1) is 6.04 Å². The Bertz CT molecular complexity index is 705. The molecule has 1 amide bonds. The monoisotopic (exact) mass is 280 g/mol. The summed E-state index contributed by atoms with van der Waals surface area (Å²) in [5.41, 5.74) is 3.67. The first kappa shape index (κ1) is 13.4. The third-order valence-corrected chi connectivity index (χ3v) is 3.54. The number of allylic oxidation sites excluding steroid dienone is 2. The third kappa shape index (κ3) is 2.94. The average Bonchev–Trinajstić information content (AvgIpc) is 3.32. The zero-order valence-corrected chi connectivity index (χ0v) is 11.7. The quantitative estimate of drug-likeness (QED) is 0.904. The molecule has 0 fully saturated rings. The van der Waals surface area contributed by atoms with Crippen LogP contribution in [0.25, 0.3) is 5.57 Å². The Morgan fingerprint density at radius 1 is 1.29 bits per heavy atom. The van der Waals surface area contributed by atoms with Gasteiger partial charge in [0.15, 0.2) is 5.69 Å². The number of aromatic nitrogens is 1. The Balaban J connectivity index is 1.70. The molecule has 21 heavy (non-hydrogen) atoms. The highest BCUT2D eigenvalue weighted by Gasteiger charge is 2.16. The van der Waals surface area contributed by atoms with Crippen LogP contribution in [0.4, 0.5) is 0 Å². The van der Waals surface area contributed by atoms with E-state index in [0.29, 0.717) is 0 Å². The summed E-state index contributed by atoms with van der Waals surface area (Å²) in [5, 5.41) is 12.5. The van der Waals surface area contributed by atoms with E-state index in [2.05, 4.69) is 28.5 Å². The van der Waals surface area contributed by atoms with E-state index in [1.54, 1.807) is 6.07 Å². The Kier molecular flexibility index (Phi) is 3.44. The number of benzene rings is 1.